The fourth-order valence-corrected chi connectivity index (χ4v) is 4.62. The number of carbonyl (C=O) groups is 2. The van der Waals surface area contributed by atoms with Crippen LogP contribution in [0.1, 0.15) is 36.0 Å². The van der Waals surface area contributed by atoms with Crippen molar-refractivity contribution in [2.75, 3.05) is 32.0 Å². The van der Waals surface area contributed by atoms with Crippen molar-refractivity contribution in [3.63, 3.8) is 0 Å². The highest BCUT2D eigenvalue weighted by molar-refractivity contribution is 7.89. The Morgan fingerprint density at radius 3 is 2.20 bits per heavy atom. The van der Waals surface area contributed by atoms with E-state index >= 15 is 0 Å². The van der Waals surface area contributed by atoms with Gasteiger partial charge in [0.2, 0.25) is 15.9 Å². The van der Waals surface area contributed by atoms with Crippen molar-refractivity contribution in [1.29, 1.82) is 0 Å². The summed E-state index contributed by atoms with van der Waals surface area (Å²) in [6.45, 7) is 1.06. The van der Waals surface area contributed by atoms with Gasteiger partial charge < -0.3 is 10.2 Å². The summed E-state index contributed by atoms with van der Waals surface area (Å²) in [5, 5.41) is 2.71. The molecule has 3 rings (SSSR count). The van der Waals surface area contributed by atoms with Crippen LogP contribution >= 0.6 is 0 Å². The smallest absolute Gasteiger partial charge is 0.255 e. The van der Waals surface area contributed by atoms with E-state index in [4.69, 9.17) is 0 Å². The molecule has 1 N–H and O–H groups in total. The summed E-state index contributed by atoms with van der Waals surface area (Å²) in [4.78, 5) is 27.5. The minimum atomic E-state index is -3.78. The first-order valence-electron chi connectivity index (χ1n) is 10.1. The largest absolute Gasteiger partial charge is 0.339 e. The van der Waals surface area contributed by atoms with Gasteiger partial charge in [0.05, 0.1) is 22.7 Å². The van der Waals surface area contributed by atoms with Crippen molar-refractivity contribution in [2.24, 2.45) is 0 Å². The molecular weight excluding hydrogens is 402 g/mol. The Labute approximate surface area is 177 Å². The van der Waals surface area contributed by atoms with Crippen LogP contribution < -0.4 is 5.32 Å². The Kier molecular flexibility index (Phi) is 7.23. The van der Waals surface area contributed by atoms with Crippen molar-refractivity contribution in [2.45, 2.75) is 30.6 Å². The molecule has 0 aliphatic carbocycles. The Hall–Kier alpha value is -2.71. The van der Waals surface area contributed by atoms with Gasteiger partial charge in [-0.15, -0.1) is 0 Å². The molecular formula is C22H27N3O4S. The molecule has 0 saturated carbocycles. The van der Waals surface area contributed by atoms with E-state index in [0.29, 0.717) is 24.3 Å². The molecule has 2 amide bonds. The zero-order valence-electron chi connectivity index (χ0n) is 17.1. The lowest BCUT2D eigenvalue weighted by molar-refractivity contribution is -0.116. The summed E-state index contributed by atoms with van der Waals surface area (Å²) in [6.07, 6.45) is 4.18. The van der Waals surface area contributed by atoms with Crippen LogP contribution in [-0.4, -0.2) is 56.1 Å². The van der Waals surface area contributed by atoms with Crippen LogP contribution in [0.3, 0.4) is 0 Å². The second-order valence-electron chi connectivity index (χ2n) is 7.37. The second-order valence-corrected chi connectivity index (χ2v) is 9.42. The number of rotatable bonds is 6. The van der Waals surface area contributed by atoms with E-state index < -0.39 is 15.9 Å². The van der Waals surface area contributed by atoms with E-state index in [0.717, 1.165) is 30.0 Å². The van der Waals surface area contributed by atoms with Crippen LogP contribution in [0.4, 0.5) is 5.69 Å². The molecule has 0 unspecified atom stereocenters. The van der Waals surface area contributed by atoms with Crippen molar-refractivity contribution >= 4 is 27.5 Å². The number of hydrogen-bond acceptors (Lipinski definition) is 4. The molecule has 0 spiro atoms. The number of benzene rings is 2. The maximum absolute atomic E-state index is 13.0. The lowest BCUT2D eigenvalue weighted by Crippen LogP contribution is -2.36. The zero-order chi connectivity index (χ0) is 21.6. The van der Waals surface area contributed by atoms with Gasteiger partial charge in [-0.3, -0.25) is 9.59 Å². The molecule has 0 bridgehead atoms. The highest BCUT2D eigenvalue weighted by Crippen LogP contribution is 2.20. The Morgan fingerprint density at radius 1 is 0.933 bits per heavy atom. The molecule has 1 fully saturated rings. The third-order valence-electron chi connectivity index (χ3n) is 5.14. The number of nitrogens with zero attached hydrogens (tertiary/aromatic N) is 2. The number of hydrogen-bond donors (Lipinski definition) is 1. The average Bonchev–Trinajstić information content (AvgIpc) is 3.04. The molecule has 1 aliphatic rings. The maximum Gasteiger partial charge on any atom is 0.255 e. The second kappa shape index (κ2) is 9.86. The Morgan fingerprint density at radius 2 is 1.53 bits per heavy atom. The fraction of sp³-hybridized carbons (Fsp3) is 0.364. The van der Waals surface area contributed by atoms with Crippen LogP contribution in [0.5, 0.6) is 0 Å². The molecule has 1 aliphatic heterocycles. The normalized spacial score (nSPS) is 14.9. The summed E-state index contributed by atoms with van der Waals surface area (Å²) in [5.41, 5.74) is 0.809. The summed E-state index contributed by atoms with van der Waals surface area (Å²) in [7, 11) is -2.42. The monoisotopic (exact) mass is 429 g/mol. The van der Waals surface area contributed by atoms with Crippen LogP contribution in [-0.2, 0) is 14.8 Å². The maximum atomic E-state index is 13.0. The third kappa shape index (κ3) is 5.25. The van der Waals surface area contributed by atoms with Crippen LogP contribution in [0, 0.1) is 0 Å². The van der Waals surface area contributed by atoms with Crippen molar-refractivity contribution in [3.8, 4) is 0 Å². The van der Waals surface area contributed by atoms with Gasteiger partial charge in [-0.2, -0.15) is 4.31 Å². The number of para-hydroxylation sites is 1. The first kappa shape index (κ1) is 22.0. The number of likely N-dealkylation sites (tertiary alicyclic amines) is 1. The van der Waals surface area contributed by atoms with Gasteiger partial charge in [-0.25, -0.2) is 8.42 Å². The van der Waals surface area contributed by atoms with E-state index in [1.165, 1.54) is 19.2 Å². The fourth-order valence-electron chi connectivity index (χ4n) is 3.47. The van der Waals surface area contributed by atoms with E-state index in [1.54, 1.807) is 42.5 Å². The van der Waals surface area contributed by atoms with E-state index in [9.17, 15) is 18.0 Å². The van der Waals surface area contributed by atoms with Crippen LogP contribution in [0.25, 0.3) is 0 Å². The van der Waals surface area contributed by atoms with Crippen molar-refractivity contribution in [1.82, 2.24) is 9.21 Å². The number of nitrogens with one attached hydrogen (secondary N) is 1. The number of sulfonamides is 1. The first-order valence-corrected chi connectivity index (χ1v) is 11.5. The number of anilines is 1. The third-order valence-corrected chi connectivity index (χ3v) is 6.96. The minimum Gasteiger partial charge on any atom is -0.339 e. The molecule has 2 aromatic carbocycles. The zero-order valence-corrected chi connectivity index (χ0v) is 17.9. The van der Waals surface area contributed by atoms with Crippen LogP contribution in [0.2, 0.25) is 0 Å². The molecule has 30 heavy (non-hydrogen) atoms. The standard InChI is InChI=1S/C22H27N3O4S/c1-24(30(28,29)18-11-5-4-6-12-18)17-21(26)23-20-14-8-7-13-19(20)22(27)25-15-9-2-3-10-16-25/h4-8,11-14H,2-3,9-10,15-17H2,1H3,(H,23,26). The van der Waals surface area contributed by atoms with Crippen molar-refractivity contribution in [3.05, 3.63) is 60.2 Å². The van der Waals surface area contributed by atoms with Crippen molar-refractivity contribution < 1.29 is 18.0 Å². The summed E-state index contributed by atoms with van der Waals surface area (Å²) in [6, 6.07) is 14.8. The average molecular weight is 430 g/mol. The Bertz CT molecular complexity index is 984. The molecule has 7 nitrogen and oxygen atoms in total. The van der Waals surface area contributed by atoms with E-state index in [2.05, 4.69) is 5.32 Å². The molecule has 0 atom stereocenters. The molecule has 1 saturated heterocycles. The number of carbonyl (C=O) groups excluding carboxylic acids is 2. The first-order chi connectivity index (χ1) is 14.4. The predicted molar refractivity (Wildman–Crippen MR) is 116 cm³/mol. The molecule has 2 aromatic rings. The van der Waals surface area contributed by atoms with Crippen LogP contribution in [0.15, 0.2) is 59.5 Å². The van der Waals surface area contributed by atoms with Gasteiger partial charge in [0.1, 0.15) is 0 Å². The van der Waals surface area contributed by atoms with Gasteiger partial charge in [0.15, 0.2) is 0 Å². The lowest BCUT2D eigenvalue weighted by Gasteiger charge is -2.22. The number of amides is 2. The highest BCUT2D eigenvalue weighted by atomic mass is 32.2. The highest BCUT2D eigenvalue weighted by Gasteiger charge is 2.24. The predicted octanol–water partition coefficient (Wildman–Crippen LogP) is 2.96. The summed E-state index contributed by atoms with van der Waals surface area (Å²) < 4.78 is 26.2. The van der Waals surface area contributed by atoms with Gasteiger partial charge in [0, 0.05) is 20.1 Å². The molecule has 8 heteroatoms. The molecule has 1 heterocycles. The lowest BCUT2D eigenvalue weighted by atomic mass is 10.1. The van der Waals surface area contributed by atoms with Gasteiger partial charge >= 0.3 is 0 Å². The molecule has 0 aromatic heterocycles. The van der Waals surface area contributed by atoms with Gasteiger partial charge in [-0.05, 0) is 37.1 Å². The van der Waals surface area contributed by atoms with E-state index in [1.807, 2.05) is 4.90 Å². The molecule has 160 valence electrons. The quantitative estimate of drug-likeness (QED) is 0.765. The minimum absolute atomic E-state index is 0.113. The van der Waals surface area contributed by atoms with Gasteiger partial charge in [-0.1, -0.05) is 43.2 Å². The summed E-state index contributed by atoms with van der Waals surface area (Å²) in [5.74, 6) is -0.619. The number of likely N-dealkylation sites (N-methyl/N-ethyl adjacent to an activating group) is 1. The molecule has 0 radical (unpaired) electrons. The summed E-state index contributed by atoms with van der Waals surface area (Å²) >= 11 is 0. The van der Waals surface area contributed by atoms with E-state index in [-0.39, 0.29) is 17.3 Å². The van der Waals surface area contributed by atoms with Gasteiger partial charge in [0.25, 0.3) is 5.91 Å². The Balaban J connectivity index is 1.70. The SMILES string of the molecule is CN(CC(=O)Nc1ccccc1C(=O)N1CCCCCC1)S(=O)(=O)c1ccccc1. The topological polar surface area (TPSA) is 86.8 Å².